The second-order valence-corrected chi connectivity index (χ2v) is 10.4. The lowest BCUT2D eigenvalue weighted by Gasteiger charge is -2.18. The molecule has 36 heavy (non-hydrogen) atoms. The topological polar surface area (TPSA) is 110 Å². The highest BCUT2D eigenvalue weighted by Gasteiger charge is 2.19. The number of hydrogen-bond donors (Lipinski definition) is 4. The molecule has 0 heterocycles. The first kappa shape index (κ1) is 29.5. The van der Waals surface area contributed by atoms with Gasteiger partial charge in [0.1, 0.15) is 0 Å². The Morgan fingerprint density at radius 1 is 0.778 bits per heavy atom. The average Bonchev–Trinajstić information content (AvgIpc) is 2.88. The van der Waals surface area contributed by atoms with Gasteiger partial charge < -0.3 is 16.4 Å². The molecule has 0 bridgehead atoms. The molecule has 0 amide bonds. The van der Waals surface area contributed by atoms with Crippen LogP contribution in [0.25, 0.3) is 0 Å². The molecule has 0 radical (unpaired) electrons. The average molecular weight is 511 g/mol. The lowest BCUT2D eigenvalue weighted by atomic mass is 10.0. The van der Waals surface area contributed by atoms with Gasteiger partial charge in [0.05, 0.1) is 4.90 Å². The van der Waals surface area contributed by atoms with E-state index in [-0.39, 0.29) is 4.90 Å². The van der Waals surface area contributed by atoms with E-state index in [9.17, 15) is 8.42 Å². The van der Waals surface area contributed by atoms with E-state index in [2.05, 4.69) is 24.5 Å². The number of benzene rings is 3. The molecule has 196 valence electrons. The molecule has 0 aliphatic carbocycles. The molecule has 6 nitrogen and oxygen atoms in total. The predicted octanol–water partition coefficient (Wildman–Crippen LogP) is 5.17. The Bertz CT molecular complexity index is 1120. The Morgan fingerprint density at radius 3 is 1.92 bits per heavy atom. The lowest BCUT2D eigenvalue weighted by molar-refractivity contribution is 0.596. The zero-order chi connectivity index (χ0) is 26.2. The molecule has 0 atom stereocenters. The van der Waals surface area contributed by atoms with Gasteiger partial charge in [0.15, 0.2) is 0 Å². The third-order valence-corrected chi connectivity index (χ3v) is 6.70. The van der Waals surface area contributed by atoms with E-state index in [0.717, 1.165) is 48.3 Å². The maximum absolute atomic E-state index is 12.5. The van der Waals surface area contributed by atoms with E-state index in [4.69, 9.17) is 10.9 Å². The monoisotopic (exact) mass is 510 g/mol. The normalized spacial score (nSPS) is 11.0. The summed E-state index contributed by atoms with van der Waals surface area (Å²) in [4.78, 5) is 0.182. The lowest BCUT2D eigenvalue weighted by Crippen LogP contribution is -2.19. The van der Waals surface area contributed by atoms with Gasteiger partial charge in [-0.3, -0.25) is 0 Å². The van der Waals surface area contributed by atoms with Crippen molar-refractivity contribution < 1.29 is 8.42 Å². The molecule has 0 aliphatic rings. The SMILES string of the molecule is CCCCN.CCCCNCc1cc(NCc2ccccc2)c(Cc2ccccc2)c(S(N)(=O)=O)c1. The minimum absolute atomic E-state index is 0.182. The van der Waals surface area contributed by atoms with E-state index >= 15 is 0 Å². The molecule has 3 aromatic carbocycles. The second kappa shape index (κ2) is 16.1. The molecule has 3 aromatic rings. The number of rotatable bonds is 13. The summed E-state index contributed by atoms with van der Waals surface area (Å²) in [5.41, 5.74) is 9.68. The Balaban J connectivity index is 0.000000830. The molecule has 0 fully saturated rings. The Morgan fingerprint density at radius 2 is 1.39 bits per heavy atom. The van der Waals surface area contributed by atoms with Crippen molar-refractivity contribution in [2.45, 2.75) is 63.9 Å². The van der Waals surface area contributed by atoms with E-state index in [1.807, 2.05) is 66.7 Å². The quantitative estimate of drug-likeness (QED) is 0.237. The first-order chi connectivity index (χ1) is 17.4. The summed E-state index contributed by atoms with van der Waals surface area (Å²) in [6.45, 7) is 7.20. The van der Waals surface area contributed by atoms with E-state index in [1.54, 1.807) is 6.07 Å². The van der Waals surface area contributed by atoms with Gasteiger partial charge >= 0.3 is 0 Å². The van der Waals surface area contributed by atoms with Crippen LogP contribution in [0.5, 0.6) is 0 Å². The van der Waals surface area contributed by atoms with Gasteiger partial charge in [-0.05, 0) is 60.3 Å². The zero-order valence-electron chi connectivity index (χ0n) is 21.7. The van der Waals surface area contributed by atoms with Crippen LogP contribution in [0, 0.1) is 0 Å². The van der Waals surface area contributed by atoms with Crippen LogP contribution in [0.4, 0.5) is 5.69 Å². The van der Waals surface area contributed by atoms with Crippen molar-refractivity contribution in [3.05, 3.63) is 95.1 Å². The Labute approximate surface area is 217 Å². The number of hydrogen-bond acceptors (Lipinski definition) is 5. The van der Waals surface area contributed by atoms with Crippen molar-refractivity contribution in [2.75, 3.05) is 18.4 Å². The highest BCUT2D eigenvalue weighted by atomic mass is 32.2. The van der Waals surface area contributed by atoms with Crippen molar-refractivity contribution in [1.82, 2.24) is 5.32 Å². The van der Waals surface area contributed by atoms with E-state index in [1.165, 1.54) is 12.8 Å². The first-order valence-electron chi connectivity index (χ1n) is 12.8. The van der Waals surface area contributed by atoms with Crippen LogP contribution in [-0.4, -0.2) is 21.5 Å². The minimum atomic E-state index is -3.88. The van der Waals surface area contributed by atoms with Crippen molar-refractivity contribution in [1.29, 1.82) is 0 Å². The van der Waals surface area contributed by atoms with Crippen molar-refractivity contribution in [3.63, 3.8) is 0 Å². The fraction of sp³-hybridized carbons (Fsp3) is 0.379. The fourth-order valence-corrected chi connectivity index (χ4v) is 4.57. The van der Waals surface area contributed by atoms with Gasteiger partial charge in [0.25, 0.3) is 0 Å². The Kier molecular flexibility index (Phi) is 13.2. The van der Waals surface area contributed by atoms with Crippen LogP contribution in [0.3, 0.4) is 0 Å². The molecule has 0 aliphatic heterocycles. The minimum Gasteiger partial charge on any atom is -0.381 e. The van der Waals surface area contributed by atoms with Gasteiger partial charge in [-0.2, -0.15) is 0 Å². The molecule has 0 unspecified atom stereocenters. The van der Waals surface area contributed by atoms with Crippen molar-refractivity contribution >= 4 is 15.7 Å². The van der Waals surface area contributed by atoms with Gasteiger partial charge in [-0.25, -0.2) is 13.6 Å². The number of nitrogens with one attached hydrogen (secondary N) is 2. The predicted molar refractivity (Wildman–Crippen MR) is 151 cm³/mol. The summed E-state index contributed by atoms with van der Waals surface area (Å²) in [5.74, 6) is 0. The molecule has 0 saturated heterocycles. The molecule has 6 N–H and O–H groups in total. The van der Waals surface area contributed by atoms with Crippen molar-refractivity contribution in [2.24, 2.45) is 10.9 Å². The van der Waals surface area contributed by atoms with E-state index in [0.29, 0.717) is 25.1 Å². The smallest absolute Gasteiger partial charge is 0.238 e. The third kappa shape index (κ3) is 10.5. The van der Waals surface area contributed by atoms with Crippen LogP contribution in [0.2, 0.25) is 0 Å². The van der Waals surface area contributed by atoms with Crippen LogP contribution < -0.4 is 21.5 Å². The maximum Gasteiger partial charge on any atom is 0.238 e. The Hall–Kier alpha value is -2.71. The molecule has 3 rings (SSSR count). The molecule has 7 heteroatoms. The molecule has 0 spiro atoms. The van der Waals surface area contributed by atoms with Gasteiger partial charge in [-0.15, -0.1) is 0 Å². The van der Waals surface area contributed by atoms with Crippen LogP contribution in [0.15, 0.2) is 77.7 Å². The summed E-state index contributed by atoms with van der Waals surface area (Å²) in [6, 6.07) is 23.6. The summed E-state index contributed by atoms with van der Waals surface area (Å²) in [5, 5.41) is 12.5. The largest absolute Gasteiger partial charge is 0.381 e. The maximum atomic E-state index is 12.5. The molecular weight excluding hydrogens is 468 g/mol. The highest BCUT2D eigenvalue weighted by molar-refractivity contribution is 7.89. The highest BCUT2D eigenvalue weighted by Crippen LogP contribution is 2.29. The number of anilines is 1. The van der Waals surface area contributed by atoms with Gasteiger partial charge in [0, 0.05) is 25.2 Å². The van der Waals surface area contributed by atoms with Crippen LogP contribution in [-0.2, 0) is 29.5 Å². The van der Waals surface area contributed by atoms with Gasteiger partial charge in [-0.1, -0.05) is 87.4 Å². The molecule has 0 saturated carbocycles. The molecule has 0 aromatic heterocycles. The van der Waals surface area contributed by atoms with Gasteiger partial charge in [0.2, 0.25) is 10.0 Å². The van der Waals surface area contributed by atoms with E-state index < -0.39 is 10.0 Å². The zero-order valence-corrected chi connectivity index (χ0v) is 22.5. The number of primary sulfonamides is 1. The summed E-state index contributed by atoms with van der Waals surface area (Å²) >= 11 is 0. The number of nitrogens with two attached hydrogens (primary N) is 2. The first-order valence-corrected chi connectivity index (χ1v) is 14.3. The fourth-order valence-electron chi connectivity index (χ4n) is 3.73. The van der Waals surface area contributed by atoms with Crippen LogP contribution >= 0.6 is 0 Å². The number of sulfonamides is 1. The summed E-state index contributed by atoms with van der Waals surface area (Å²) in [6.07, 6.45) is 5.05. The summed E-state index contributed by atoms with van der Waals surface area (Å²) < 4.78 is 25.1. The second-order valence-electron chi connectivity index (χ2n) is 8.84. The number of unbranched alkanes of at least 4 members (excludes halogenated alkanes) is 2. The molecular formula is C29H42N4O2S. The van der Waals surface area contributed by atoms with Crippen molar-refractivity contribution in [3.8, 4) is 0 Å². The third-order valence-electron chi connectivity index (χ3n) is 5.72. The van der Waals surface area contributed by atoms with Crippen LogP contribution in [0.1, 0.15) is 61.8 Å². The summed E-state index contributed by atoms with van der Waals surface area (Å²) in [7, 11) is -3.88. The standard InChI is InChI=1S/C25H31N3O2S.C4H11N/c1-2-3-14-27-18-22-16-24(28-19-21-12-8-5-9-13-21)23(25(17-22)31(26,29)30)15-20-10-6-4-7-11-20;1-2-3-4-5/h4-13,16-17,27-28H,2-3,14-15,18-19H2,1H3,(H2,26,29,30);2-5H2,1H3.